The Kier molecular flexibility index (Phi) is 6.83. The van der Waals surface area contributed by atoms with Crippen LogP contribution in [-0.4, -0.2) is 53.5 Å². The van der Waals surface area contributed by atoms with Gasteiger partial charge in [0.1, 0.15) is 17.7 Å². The lowest BCUT2D eigenvalue weighted by Crippen LogP contribution is -2.48. The van der Waals surface area contributed by atoms with E-state index in [0.29, 0.717) is 5.82 Å². The molecule has 0 bridgehead atoms. The first-order valence-electron chi connectivity index (χ1n) is 10.9. The summed E-state index contributed by atoms with van der Waals surface area (Å²) in [5.41, 5.74) is 0.399. The molecule has 3 atom stereocenters. The molecule has 1 amide bonds. The number of ether oxygens (including phenoxy) is 1. The molecular weight excluding hydrogens is 459 g/mol. The van der Waals surface area contributed by atoms with Gasteiger partial charge in [-0.05, 0) is 38.1 Å². The van der Waals surface area contributed by atoms with Gasteiger partial charge in [0.2, 0.25) is 10.0 Å². The van der Waals surface area contributed by atoms with Gasteiger partial charge in [0, 0.05) is 43.7 Å². The van der Waals surface area contributed by atoms with Gasteiger partial charge in [0.15, 0.2) is 0 Å². The number of benzene rings is 2. The number of hydrogen-bond donors (Lipinski definition) is 1. The number of hydrogen-bond acceptors (Lipinski definition) is 5. The van der Waals surface area contributed by atoms with Crippen molar-refractivity contribution >= 4 is 15.9 Å². The molecule has 3 aromatic rings. The van der Waals surface area contributed by atoms with Gasteiger partial charge in [-0.15, -0.1) is 0 Å². The van der Waals surface area contributed by atoms with Crippen LogP contribution >= 0.6 is 0 Å². The van der Waals surface area contributed by atoms with Gasteiger partial charge in [0.05, 0.1) is 17.1 Å². The van der Waals surface area contributed by atoms with E-state index >= 15 is 0 Å². The summed E-state index contributed by atoms with van der Waals surface area (Å²) in [6, 6.07) is 11.1. The van der Waals surface area contributed by atoms with Gasteiger partial charge in [-0.25, -0.2) is 17.8 Å². The number of rotatable bonds is 6. The monoisotopic (exact) mass is 486 g/mol. The highest BCUT2D eigenvalue weighted by molar-refractivity contribution is 7.89. The summed E-state index contributed by atoms with van der Waals surface area (Å²) in [6.07, 6.45) is 2.80. The van der Waals surface area contributed by atoms with Gasteiger partial charge < -0.3 is 14.6 Å². The Bertz CT molecular complexity index is 1280. The Morgan fingerprint density at radius 3 is 2.50 bits per heavy atom. The highest BCUT2D eigenvalue weighted by atomic mass is 32.2. The van der Waals surface area contributed by atoms with Crippen LogP contribution in [0.15, 0.2) is 65.8 Å². The fraction of sp³-hybridized carbons (Fsp3) is 0.333. The number of morpholine rings is 1. The van der Waals surface area contributed by atoms with E-state index in [0.717, 1.165) is 0 Å². The maximum Gasteiger partial charge on any atom is 0.252 e. The third kappa shape index (κ3) is 4.89. The molecule has 1 aliphatic rings. The van der Waals surface area contributed by atoms with E-state index in [1.807, 2.05) is 13.8 Å². The van der Waals surface area contributed by atoms with Crippen molar-refractivity contribution in [2.45, 2.75) is 37.0 Å². The van der Waals surface area contributed by atoms with E-state index in [9.17, 15) is 17.6 Å². The number of nitrogens with one attached hydrogen (secondary N) is 1. The fourth-order valence-electron chi connectivity index (χ4n) is 4.13. The maximum atomic E-state index is 14.6. The van der Waals surface area contributed by atoms with Crippen molar-refractivity contribution < 1.29 is 22.3 Å². The number of amides is 1. The van der Waals surface area contributed by atoms with Crippen LogP contribution in [0.1, 0.15) is 41.6 Å². The third-order valence-electron chi connectivity index (χ3n) is 5.73. The minimum absolute atomic E-state index is 0.0147. The molecular formula is C24H27FN4O4S. The Hall–Kier alpha value is -3.08. The minimum atomic E-state index is -3.82. The smallest absolute Gasteiger partial charge is 0.252 e. The lowest BCUT2D eigenvalue weighted by Gasteiger charge is -2.34. The average molecular weight is 487 g/mol. The molecule has 1 N–H and O–H groups in total. The fourth-order valence-corrected chi connectivity index (χ4v) is 5.77. The van der Waals surface area contributed by atoms with Crippen LogP contribution in [0.5, 0.6) is 0 Å². The second-order valence-corrected chi connectivity index (χ2v) is 10.4. The van der Waals surface area contributed by atoms with Crippen molar-refractivity contribution in [1.29, 1.82) is 0 Å². The van der Waals surface area contributed by atoms with Gasteiger partial charge >= 0.3 is 0 Å². The van der Waals surface area contributed by atoms with Gasteiger partial charge in [-0.3, -0.25) is 4.79 Å². The predicted molar refractivity (Wildman–Crippen MR) is 124 cm³/mol. The molecule has 0 radical (unpaired) electrons. The van der Waals surface area contributed by atoms with E-state index in [1.54, 1.807) is 42.2 Å². The summed E-state index contributed by atoms with van der Waals surface area (Å²) in [7, 11) is -2.07. The first-order valence-corrected chi connectivity index (χ1v) is 12.4. The van der Waals surface area contributed by atoms with Gasteiger partial charge in [0.25, 0.3) is 5.91 Å². The highest BCUT2D eigenvalue weighted by Gasteiger charge is 2.33. The molecule has 0 unspecified atom stereocenters. The number of nitrogens with zero attached hydrogens (tertiary/aromatic N) is 3. The number of halogens is 1. The Morgan fingerprint density at radius 1 is 1.15 bits per heavy atom. The summed E-state index contributed by atoms with van der Waals surface area (Å²) in [6.45, 7) is 4.11. The number of aromatic nitrogens is 2. The molecule has 2 aromatic carbocycles. The largest absolute Gasteiger partial charge is 0.373 e. The molecule has 180 valence electrons. The van der Waals surface area contributed by atoms with Crippen molar-refractivity contribution in [2.24, 2.45) is 7.05 Å². The third-order valence-corrected chi connectivity index (χ3v) is 7.56. The molecule has 4 rings (SSSR count). The lowest BCUT2D eigenvalue weighted by atomic mass is 10.0. The van der Waals surface area contributed by atoms with Crippen LogP contribution in [0.2, 0.25) is 0 Å². The van der Waals surface area contributed by atoms with E-state index in [4.69, 9.17) is 4.74 Å². The zero-order chi connectivity index (χ0) is 24.5. The van der Waals surface area contributed by atoms with E-state index in [1.165, 1.54) is 34.6 Å². The van der Waals surface area contributed by atoms with Crippen LogP contribution in [0.3, 0.4) is 0 Å². The normalized spacial score (nSPS) is 20.1. The Labute approximate surface area is 198 Å². The zero-order valence-corrected chi connectivity index (χ0v) is 20.0. The second kappa shape index (κ2) is 9.65. The van der Waals surface area contributed by atoms with Crippen molar-refractivity contribution in [3.05, 3.63) is 83.7 Å². The van der Waals surface area contributed by atoms with Crippen molar-refractivity contribution in [2.75, 3.05) is 13.1 Å². The summed E-state index contributed by atoms with van der Waals surface area (Å²) in [4.78, 5) is 17.5. The number of aryl methyl sites for hydroxylation is 1. The first-order chi connectivity index (χ1) is 16.2. The number of carbonyl (C=O) groups is 1. The molecule has 1 fully saturated rings. The van der Waals surface area contributed by atoms with Crippen molar-refractivity contribution in [1.82, 2.24) is 19.2 Å². The van der Waals surface area contributed by atoms with Crippen LogP contribution in [0.4, 0.5) is 4.39 Å². The zero-order valence-electron chi connectivity index (χ0n) is 19.2. The summed E-state index contributed by atoms with van der Waals surface area (Å²) >= 11 is 0. The van der Waals surface area contributed by atoms with Crippen LogP contribution in [-0.2, 0) is 21.8 Å². The molecule has 2 heterocycles. The minimum Gasteiger partial charge on any atom is -0.373 e. The lowest BCUT2D eigenvalue weighted by molar-refractivity contribution is -0.0440. The van der Waals surface area contributed by atoms with Crippen molar-refractivity contribution in [3.8, 4) is 0 Å². The SMILES string of the molecule is C[C@@H]1CN(S(=O)(=O)c2cccc(C(=O)N[C@H](c3ccccc3F)c3nccn3C)c2)C[C@@H](C)O1. The van der Waals surface area contributed by atoms with Crippen LogP contribution in [0, 0.1) is 5.82 Å². The van der Waals surface area contributed by atoms with Gasteiger partial charge in [-0.1, -0.05) is 24.3 Å². The molecule has 10 heteroatoms. The molecule has 0 aliphatic carbocycles. The van der Waals surface area contributed by atoms with Crippen molar-refractivity contribution in [3.63, 3.8) is 0 Å². The van der Waals surface area contributed by atoms with E-state index < -0.39 is 27.8 Å². The maximum absolute atomic E-state index is 14.6. The number of sulfonamides is 1. The topological polar surface area (TPSA) is 93.5 Å². The van der Waals surface area contributed by atoms with Crippen LogP contribution in [0.25, 0.3) is 0 Å². The van der Waals surface area contributed by atoms with E-state index in [-0.39, 0.29) is 41.3 Å². The highest BCUT2D eigenvalue weighted by Crippen LogP contribution is 2.25. The molecule has 8 nitrogen and oxygen atoms in total. The second-order valence-electron chi connectivity index (χ2n) is 8.43. The molecule has 0 spiro atoms. The molecule has 34 heavy (non-hydrogen) atoms. The molecule has 1 aromatic heterocycles. The first kappa shape index (κ1) is 24.1. The quantitative estimate of drug-likeness (QED) is 0.578. The molecule has 0 saturated carbocycles. The Morgan fingerprint density at radius 2 is 1.85 bits per heavy atom. The molecule has 1 aliphatic heterocycles. The predicted octanol–water partition coefficient (Wildman–Crippen LogP) is 2.88. The van der Waals surface area contributed by atoms with Gasteiger partial charge in [-0.2, -0.15) is 4.31 Å². The standard InChI is InChI=1S/C24H27FN4O4S/c1-16-14-29(15-17(2)33-16)34(31,32)19-8-6-7-18(13-19)24(30)27-22(23-26-11-12-28(23)3)20-9-4-5-10-21(20)25/h4-13,16-17,22H,14-15H2,1-3H3,(H,27,30)/t16-,17-,22-/m1/s1. The number of carbonyl (C=O) groups excluding carboxylic acids is 1. The summed E-state index contributed by atoms with van der Waals surface area (Å²) in [5.74, 6) is -0.585. The Balaban J connectivity index is 1.64. The van der Waals surface area contributed by atoms with E-state index in [2.05, 4.69) is 10.3 Å². The number of imidazole rings is 1. The summed E-state index contributed by atoms with van der Waals surface area (Å²) < 4.78 is 49.8. The summed E-state index contributed by atoms with van der Waals surface area (Å²) in [5, 5.41) is 2.82. The van der Waals surface area contributed by atoms with Crippen LogP contribution < -0.4 is 5.32 Å². The average Bonchev–Trinajstić information content (AvgIpc) is 3.23. The molecule has 1 saturated heterocycles.